The average molecular weight is 210 g/mol. The summed E-state index contributed by atoms with van der Waals surface area (Å²) in [6.45, 7) is 0. The van der Waals surface area contributed by atoms with Gasteiger partial charge in [-0.3, -0.25) is 4.79 Å². The molecule has 1 aromatic carbocycles. The lowest BCUT2D eigenvalue weighted by atomic mass is 10.2. The third-order valence-electron chi connectivity index (χ3n) is 2.19. The lowest BCUT2D eigenvalue weighted by Gasteiger charge is -2.06. The maximum Gasteiger partial charge on any atom is 0.254 e. The molecule has 0 radical (unpaired) electrons. The van der Waals surface area contributed by atoms with E-state index < -0.39 is 0 Å². The number of aromatic nitrogens is 1. The highest BCUT2D eigenvalue weighted by Crippen LogP contribution is 2.24. The standard InChI is InChI=1S/C10H8ClNO2/c1-12-8-4-6(11)2-3-7(8)9(13)5-10(12)14/h2-5,13H,1H3. The van der Waals surface area contributed by atoms with Crippen LogP contribution in [0.3, 0.4) is 0 Å². The molecule has 0 atom stereocenters. The van der Waals surface area contributed by atoms with Crippen LogP contribution in [-0.2, 0) is 7.05 Å². The van der Waals surface area contributed by atoms with Crippen molar-refractivity contribution in [2.45, 2.75) is 0 Å². The maximum absolute atomic E-state index is 11.3. The summed E-state index contributed by atoms with van der Waals surface area (Å²) < 4.78 is 1.45. The first kappa shape index (κ1) is 9.09. The zero-order chi connectivity index (χ0) is 10.3. The highest BCUT2D eigenvalue weighted by atomic mass is 35.5. The molecule has 0 fully saturated rings. The number of benzene rings is 1. The lowest BCUT2D eigenvalue weighted by molar-refractivity contribution is 0.479. The van der Waals surface area contributed by atoms with Crippen molar-refractivity contribution in [1.29, 1.82) is 0 Å². The van der Waals surface area contributed by atoms with Crippen LogP contribution < -0.4 is 5.56 Å². The van der Waals surface area contributed by atoms with E-state index in [1.165, 1.54) is 10.6 Å². The number of hydrogen-bond donors (Lipinski definition) is 1. The van der Waals surface area contributed by atoms with Gasteiger partial charge in [0.1, 0.15) is 5.75 Å². The molecular formula is C10H8ClNO2. The summed E-state index contributed by atoms with van der Waals surface area (Å²) in [4.78, 5) is 11.3. The fourth-order valence-corrected chi connectivity index (χ4v) is 1.58. The van der Waals surface area contributed by atoms with Gasteiger partial charge in [0.25, 0.3) is 5.56 Å². The van der Waals surface area contributed by atoms with Gasteiger partial charge in [0.05, 0.1) is 5.52 Å². The minimum Gasteiger partial charge on any atom is -0.507 e. The van der Waals surface area contributed by atoms with Gasteiger partial charge in [-0.05, 0) is 18.2 Å². The molecule has 2 aromatic rings. The summed E-state index contributed by atoms with van der Waals surface area (Å²) in [5.41, 5.74) is 0.375. The molecule has 2 rings (SSSR count). The number of aryl methyl sites for hydroxylation is 1. The lowest BCUT2D eigenvalue weighted by Crippen LogP contribution is -2.15. The third-order valence-corrected chi connectivity index (χ3v) is 2.42. The summed E-state index contributed by atoms with van der Waals surface area (Å²) in [5.74, 6) is -0.0141. The van der Waals surface area contributed by atoms with Crippen LogP contribution in [-0.4, -0.2) is 9.67 Å². The van der Waals surface area contributed by atoms with Gasteiger partial charge in [-0.25, -0.2) is 0 Å². The minimum atomic E-state index is -0.253. The van der Waals surface area contributed by atoms with E-state index in [1.807, 2.05) is 0 Å². The Balaban J connectivity index is 3.03. The Hall–Kier alpha value is -1.48. The van der Waals surface area contributed by atoms with Crippen LogP contribution in [0, 0.1) is 0 Å². The number of halogens is 1. The quantitative estimate of drug-likeness (QED) is 0.720. The average Bonchev–Trinajstić information content (AvgIpc) is 2.14. The van der Waals surface area contributed by atoms with Crippen LogP contribution in [0.25, 0.3) is 10.9 Å². The van der Waals surface area contributed by atoms with E-state index in [1.54, 1.807) is 25.2 Å². The molecule has 0 saturated heterocycles. The summed E-state index contributed by atoms with van der Waals surface area (Å²) >= 11 is 5.80. The van der Waals surface area contributed by atoms with E-state index in [9.17, 15) is 9.90 Å². The normalized spacial score (nSPS) is 10.7. The molecule has 0 spiro atoms. The monoisotopic (exact) mass is 209 g/mol. The topological polar surface area (TPSA) is 42.2 Å². The van der Waals surface area contributed by atoms with E-state index in [0.717, 1.165) is 0 Å². The van der Waals surface area contributed by atoms with Gasteiger partial charge in [-0.15, -0.1) is 0 Å². The fraction of sp³-hybridized carbons (Fsp3) is 0.100. The summed E-state index contributed by atoms with van der Waals surface area (Å²) in [5, 5.41) is 10.7. The highest BCUT2D eigenvalue weighted by Gasteiger charge is 2.05. The molecule has 1 N–H and O–H groups in total. The van der Waals surface area contributed by atoms with Crippen molar-refractivity contribution in [3.8, 4) is 5.75 Å². The van der Waals surface area contributed by atoms with E-state index >= 15 is 0 Å². The van der Waals surface area contributed by atoms with Crippen molar-refractivity contribution >= 4 is 22.5 Å². The van der Waals surface area contributed by atoms with Crippen molar-refractivity contribution in [3.63, 3.8) is 0 Å². The van der Waals surface area contributed by atoms with Crippen LogP contribution in [0.1, 0.15) is 0 Å². The van der Waals surface area contributed by atoms with Crippen LogP contribution in [0.5, 0.6) is 5.75 Å². The van der Waals surface area contributed by atoms with Crippen LogP contribution in [0.15, 0.2) is 29.1 Å². The van der Waals surface area contributed by atoms with Gasteiger partial charge in [0.2, 0.25) is 0 Å². The van der Waals surface area contributed by atoms with Gasteiger partial charge >= 0.3 is 0 Å². The van der Waals surface area contributed by atoms with E-state index in [4.69, 9.17) is 11.6 Å². The van der Waals surface area contributed by atoms with E-state index in [2.05, 4.69) is 0 Å². The molecule has 4 heteroatoms. The second-order valence-corrected chi connectivity index (χ2v) is 3.52. The molecule has 72 valence electrons. The summed E-state index contributed by atoms with van der Waals surface area (Å²) in [7, 11) is 1.64. The van der Waals surface area contributed by atoms with Crippen LogP contribution in [0.4, 0.5) is 0 Å². The Morgan fingerprint density at radius 2 is 2.07 bits per heavy atom. The van der Waals surface area contributed by atoms with Crippen LogP contribution >= 0.6 is 11.6 Å². The highest BCUT2D eigenvalue weighted by molar-refractivity contribution is 6.31. The number of pyridine rings is 1. The Labute approximate surface area is 85.2 Å². The second-order valence-electron chi connectivity index (χ2n) is 3.09. The van der Waals surface area contributed by atoms with Crippen molar-refractivity contribution in [2.75, 3.05) is 0 Å². The number of hydrogen-bond acceptors (Lipinski definition) is 2. The Morgan fingerprint density at radius 3 is 2.79 bits per heavy atom. The molecule has 1 aromatic heterocycles. The molecule has 0 aliphatic heterocycles. The second kappa shape index (κ2) is 3.03. The van der Waals surface area contributed by atoms with E-state index in [0.29, 0.717) is 15.9 Å². The first-order chi connectivity index (χ1) is 6.59. The van der Waals surface area contributed by atoms with Gasteiger partial charge in [-0.1, -0.05) is 11.6 Å². The fourth-order valence-electron chi connectivity index (χ4n) is 1.41. The predicted molar refractivity (Wildman–Crippen MR) is 55.9 cm³/mol. The largest absolute Gasteiger partial charge is 0.507 e. The number of fused-ring (bicyclic) bond motifs is 1. The predicted octanol–water partition coefficient (Wildman–Crippen LogP) is 1.90. The zero-order valence-corrected chi connectivity index (χ0v) is 8.25. The van der Waals surface area contributed by atoms with E-state index in [-0.39, 0.29) is 11.3 Å². The third kappa shape index (κ3) is 1.26. The molecule has 0 aliphatic rings. The van der Waals surface area contributed by atoms with Crippen molar-refractivity contribution < 1.29 is 5.11 Å². The Bertz CT molecular complexity index is 560. The minimum absolute atomic E-state index is 0.0141. The zero-order valence-electron chi connectivity index (χ0n) is 7.49. The molecule has 0 saturated carbocycles. The Kier molecular flexibility index (Phi) is 1.97. The molecule has 0 bridgehead atoms. The van der Waals surface area contributed by atoms with Crippen molar-refractivity contribution in [1.82, 2.24) is 4.57 Å². The summed E-state index contributed by atoms with van der Waals surface area (Å²) in [6.07, 6.45) is 0. The molecule has 0 unspecified atom stereocenters. The van der Waals surface area contributed by atoms with Crippen molar-refractivity contribution in [3.05, 3.63) is 39.6 Å². The van der Waals surface area contributed by atoms with Gasteiger partial charge in [0.15, 0.2) is 0 Å². The number of aromatic hydroxyl groups is 1. The first-order valence-electron chi connectivity index (χ1n) is 4.08. The smallest absolute Gasteiger partial charge is 0.254 e. The number of rotatable bonds is 0. The summed E-state index contributed by atoms with van der Waals surface area (Å²) in [6, 6.07) is 6.20. The molecule has 3 nitrogen and oxygen atoms in total. The molecule has 0 amide bonds. The van der Waals surface area contributed by atoms with Gasteiger partial charge in [0, 0.05) is 23.5 Å². The maximum atomic E-state index is 11.3. The van der Waals surface area contributed by atoms with Gasteiger partial charge < -0.3 is 9.67 Å². The SMILES string of the molecule is Cn1c(=O)cc(O)c2ccc(Cl)cc21. The molecule has 1 heterocycles. The first-order valence-corrected chi connectivity index (χ1v) is 4.45. The van der Waals surface area contributed by atoms with Gasteiger partial charge in [-0.2, -0.15) is 0 Å². The molecular weight excluding hydrogens is 202 g/mol. The van der Waals surface area contributed by atoms with Crippen LogP contribution in [0.2, 0.25) is 5.02 Å². The van der Waals surface area contributed by atoms with Crippen molar-refractivity contribution in [2.24, 2.45) is 7.05 Å². The molecule has 0 aliphatic carbocycles. The number of nitrogens with zero attached hydrogens (tertiary/aromatic N) is 1. The Morgan fingerprint density at radius 1 is 1.36 bits per heavy atom. The molecule has 14 heavy (non-hydrogen) atoms.